The fourth-order valence-corrected chi connectivity index (χ4v) is 2.08. The van der Waals surface area contributed by atoms with Crippen molar-refractivity contribution in [1.82, 2.24) is 0 Å². The first-order valence-corrected chi connectivity index (χ1v) is 6.04. The standard InChI is InChI=1S/C14H7F6NO2/c15-13(16,17)11-4-2-1-3-9(11)10-6-5-8(21(22)23)7-12(10)14(18,19)20/h1-7H. The molecule has 0 aliphatic heterocycles. The third-order valence-electron chi connectivity index (χ3n) is 3.04. The van der Waals surface area contributed by atoms with Crippen LogP contribution in [0.1, 0.15) is 11.1 Å². The Bertz CT molecular complexity index is 752. The van der Waals surface area contributed by atoms with Gasteiger partial charge >= 0.3 is 12.4 Å². The van der Waals surface area contributed by atoms with Gasteiger partial charge in [-0.3, -0.25) is 10.1 Å². The Morgan fingerprint density at radius 1 is 0.783 bits per heavy atom. The van der Waals surface area contributed by atoms with Crippen LogP contribution in [-0.2, 0) is 12.4 Å². The normalized spacial score (nSPS) is 12.3. The number of non-ortho nitro benzene ring substituents is 1. The largest absolute Gasteiger partial charge is 0.417 e. The molecule has 0 amide bonds. The Hall–Kier alpha value is -2.58. The van der Waals surface area contributed by atoms with Gasteiger partial charge in [0.2, 0.25) is 0 Å². The van der Waals surface area contributed by atoms with Crippen LogP contribution in [0.2, 0.25) is 0 Å². The van der Waals surface area contributed by atoms with Gasteiger partial charge in [-0.15, -0.1) is 0 Å². The first kappa shape index (κ1) is 16.8. The molecule has 23 heavy (non-hydrogen) atoms. The van der Waals surface area contributed by atoms with Crippen molar-refractivity contribution in [1.29, 1.82) is 0 Å². The van der Waals surface area contributed by atoms with Gasteiger partial charge in [-0.25, -0.2) is 0 Å². The molecule has 0 heterocycles. The SMILES string of the molecule is O=[N+]([O-])c1ccc(-c2ccccc2C(F)(F)F)c(C(F)(F)F)c1. The van der Waals surface area contributed by atoms with Crippen LogP contribution in [0.5, 0.6) is 0 Å². The highest BCUT2D eigenvalue weighted by molar-refractivity contribution is 5.73. The van der Waals surface area contributed by atoms with Gasteiger partial charge in [0.1, 0.15) is 0 Å². The maximum Gasteiger partial charge on any atom is 0.417 e. The van der Waals surface area contributed by atoms with E-state index in [-0.39, 0.29) is 6.07 Å². The van der Waals surface area contributed by atoms with E-state index >= 15 is 0 Å². The number of nitro groups is 1. The maximum absolute atomic E-state index is 13.1. The summed E-state index contributed by atoms with van der Waals surface area (Å²) in [5.74, 6) is 0. The summed E-state index contributed by atoms with van der Waals surface area (Å²) >= 11 is 0. The molecule has 2 aromatic rings. The molecule has 0 aromatic heterocycles. The van der Waals surface area contributed by atoms with Gasteiger partial charge in [0.05, 0.1) is 16.1 Å². The molecular formula is C14H7F6NO2. The summed E-state index contributed by atoms with van der Waals surface area (Å²) in [7, 11) is 0. The van der Waals surface area contributed by atoms with Crippen LogP contribution >= 0.6 is 0 Å². The fraction of sp³-hybridized carbons (Fsp3) is 0.143. The minimum atomic E-state index is -5.04. The Morgan fingerprint density at radius 2 is 1.30 bits per heavy atom. The molecule has 0 saturated heterocycles. The van der Waals surface area contributed by atoms with Gasteiger partial charge in [0.25, 0.3) is 5.69 Å². The van der Waals surface area contributed by atoms with Gasteiger partial charge in [0.15, 0.2) is 0 Å². The van der Waals surface area contributed by atoms with E-state index in [2.05, 4.69) is 0 Å². The number of hydrogen-bond donors (Lipinski definition) is 0. The number of benzene rings is 2. The molecule has 0 aliphatic carbocycles. The highest BCUT2D eigenvalue weighted by atomic mass is 19.4. The van der Waals surface area contributed by atoms with Gasteiger partial charge in [-0.05, 0) is 23.3 Å². The summed E-state index contributed by atoms with van der Waals surface area (Å²) in [5, 5.41) is 10.6. The Kier molecular flexibility index (Phi) is 4.06. The van der Waals surface area contributed by atoms with E-state index < -0.39 is 45.2 Å². The summed E-state index contributed by atoms with van der Waals surface area (Å²) in [6.07, 6.45) is -9.90. The first-order valence-electron chi connectivity index (χ1n) is 6.04. The lowest BCUT2D eigenvalue weighted by Crippen LogP contribution is -2.11. The molecule has 9 heteroatoms. The van der Waals surface area contributed by atoms with E-state index in [4.69, 9.17) is 0 Å². The zero-order chi connectivity index (χ0) is 17.4. The second-order valence-corrected chi connectivity index (χ2v) is 4.53. The van der Waals surface area contributed by atoms with Crippen LogP contribution in [0, 0.1) is 10.1 Å². The zero-order valence-electron chi connectivity index (χ0n) is 11.1. The quantitative estimate of drug-likeness (QED) is 0.425. The molecule has 0 aliphatic rings. The van der Waals surface area contributed by atoms with Gasteiger partial charge < -0.3 is 0 Å². The zero-order valence-corrected chi connectivity index (χ0v) is 11.1. The van der Waals surface area contributed by atoms with Crippen molar-refractivity contribution in [2.45, 2.75) is 12.4 Å². The van der Waals surface area contributed by atoms with Gasteiger partial charge in [-0.1, -0.05) is 18.2 Å². The lowest BCUT2D eigenvalue weighted by Gasteiger charge is -2.17. The van der Waals surface area contributed by atoms with E-state index in [9.17, 15) is 36.5 Å². The lowest BCUT2D eigenvalue weighted by molar-refractivity contribution is -0.385. The molecule has 0 bridgehead atoms. The van der Waals surface area contributed by atoms with Crippen LogP contribution in [-0.4, -0.2) is 4.92 Å². The topological polar surface area (TPSA) is 43.1 Å². The third-order valence-corrected chi connectivity index (χ3v) is 3.04. The summed E-state index contributed by atoms with van der Waals surface area (Å²) in [6.45, 7) is 0. The molecule has 2 aromatic carbocycles. The second kappa shape index (κ2) is 5.56. The maximum atomic E-state index is 13.1. The Labute approximate surface area is 125 Å². The van der Waals surface area contributed by atoms with Crippen molar-refractivity contribution < 1.29 is 31.3 Å². The molecule has 0 saturated carbocycles. The predicted molar refractivity (Wildman–Crippen MR) is 68.5 cm³/mol. The van der Waals surface area contributed by atoms with Crippen molar-refractivity contribution in [3.05, 3.63) is 63.7 Å². The molecule has 0 N–H and O–H groups in total. The lowest BCUT2D eigenvalue weighted by atomic mass is 9.94. The highest BCUT2D eigenvalue weighted by Crippen LogP contribution is 2.43. The predicted octanol–water partition coefficient (Wildman–Crippen LogP) is 5.30. The van der Waals surface area contributed by atoms with E-state index in [0.717, 1.165) is 24.3 Å². The fourth-order valence-electron chi connectivity index (χ4n) is 2.08. The van der Waals surface area contributed by atoms with Crippen LogP contribution in [0.4, 0.5) is 32.0 Å². The average molecular weight is 335 g/mol. The molecule has 3 nitrogen and oxygen atoms in total. The summed E-state index contributed by atoms with van der Waals surface area (Å²) in [6, 6.07) is 5.37. The van der Waals surface area contributed by atoms with Crippen LogP contribution < -0.4 is 0 Å². The Balaban J connectivity index is 2.77. The minimum absolute atomic E-state index is 0.225. The molecule has 0 fully saturated rings. The third kappa shape index (κ3) is 3.43. The molecule has 0 radical (unpaired) electrons. The van der Waals surface area contributed by atoms with Crippen molar-refractivity contribution in [2.75, 3.05) is 0 Å². The smallest absolute Gasteiger partial charge is 0.258 e. The minimum Gasteiger partial charge on any atom is -0.258 e. The van der Waals surface area contributed by atoms with E-state index in [1.807, 2.05) is 0 Å². The first-order chi connectivity index (χ1) is 10.5. The van der Waals surface area contributed by atoms with Crippen LogP contribution in [0.3, 0.4) is 0 Å². The summed E-state index contributed by atoms with van der Waals surface area (Å²) in [4.78, 5) is 9.57. The van der Waals surface area contributed by atoms with Crippen LogP contribution in [0.15, 0.2) is 42.5 Å². The number of rotatable bonds is 2. The van der Waals surface area contributed by atoms with Crippen molar-refractivity contribution >= 4 is 5.69 Å². The number of alkyl halides is 6. The van der Waals surface area contributed by atoms with E-state index in [1.165, 1.54) is 0 Å². The molecule has 0 unspecified atom stereocenters. The van der Waals surface area contributed by atoms with Crippen LogP contribution in [0.25, 0.3) is 11.1 Å². The highest BCUT2D eigenvalue weighted by Gasteiger charge is 2.39. The monoisotopic (exact) mass is 335 g/mol. The number of halogens is 6. The molecule has 0 spiro atoms. The van der Waals surface area contributed by atoms with Crippen molar-refractivity contribution in [3.8, 4) is 11.1 Å². The molecule has 2 rings (SSSR count). The van der Waals surface area contributed by atoms with E-state index in [1.54, 1.807) is 0 Å². The summed E-state index contributed by atoms with van der Waals surface area (Å²) < 4.78 is 78.2. The Morgan fingerprint density at radius 3 is 1.83 bits per heavy atom. The van der Waals surface area contributed by atoms with Gasteiger partial charge in [0, 0.05) is 12.1 Å². The summed E-state index contributed by atoms with van der Waals surface area (Å²) in [5.41, 5.74) is -5.06. The second-order valence-electron chi connectivity index (χ2n) is 4.53. The molecular weight excluding hydrogens is 328 g/mol. The molecule has 122 valence electrons. The van der Waals surface area contributed by atoms with Gasteiger partial charge in [-0.2, -0.15) is 26.3 Å². The number of nitrogens with zero attached hydrogens (tertiary/aromatic N) is 1. The van der Waals surface area contributed by atoms with Crippen molar-refractivity contribution in [2.24, 2.45) is 0 Å². The average Bonchev–Trinajstić information content (AvgIpc) is 2.44. The molecule has 0 atom stereocenters. The number of nitro benzene ring substituents is 1. The number of hydrogen-bond acceptors (Lipinski definition) is 2. The van der Waals surface area contributed by atoms with E-state index in [0.29, 0.717) is 12.1 Å². The van der Waals surface area contributed by atoms with Crippen molar-refractivity contribution in [3.63, 3.8) is 0 Å².